The van der Waals surface area contributed by atoms with E-state index in [1.54, 1.807) is 12.4 Å². The van der Waals surface area contributed by atoms with Crippen molar-refractivity contribution >= 4 is 17.3 Å². The number of nitrogens with zero attached hydrogens (tertiary/aromatic N) is 2. The molecule has 0 fully saturated rings. The van der Waals surface area contributed by atoms with Crippen molar-refractivity contribution in [2.45, 2.75) is 0 Å². The number of hydrogen-bond acceptors (Lipinski definition) is 3. The topological polar surface area (TPSA) is 36.4 Å². The summed E-state index contributed by atoms with van der Waals surface area (Å²) in [6.45, 7) is 0.693. The molecular weight excluding hydrogens is 176 g/mol. The van der Waals surface area contributed by atoms with Crippen LogP contribution in [0.5, 0.6) is 0 Å². The highest BCUT2D eigenvalue weighted by atomic mass is 35.5. The molecule has 0 aliphatic heterocycles. The van der Waals surface area contributed by atoms with Crippen LogP contribution in [0.25, 0.3) is 0 Å². The van der Waals surface area contributed by atoms with Crippen LogP contribution in [0.2, 0.25) is 5.02 Å². The molecule has 1 aromatic heterocycles. The molecule has 0 amide bonds. The van der Waals surface area contributed by atoms with Gasteiger partial charge in [-0.15, -0.1) is 0 Å². The quantitative estimate of drug-likeness (QED) is 0.770. The molecule has 0 radical (unpaired) electrons. The third-order valence-corrected chi connectivity index (χ3v) is 1.89. The molecule has 1 heterocycles. The van der Waals surface area contributed by atoms with Crippen LogP contribution in [0.3, 0.4) is 0 Å². The molecule has 0 aliphatic carbocycles. The fourth-order valence-electron chi connectivity index (χ4n) is 0.948. The third kappa shape index (κ3) is 2.09. The minimum absolute atomic E-state index is 0.120. The average molecular weight is 187 g/mol. The fourth-order valence-corrected chi connectivity index (χ4v) is 1.21. The SMILES string of the molecule is CN(CCO)c1ccncc1Cl. The van der Waals surface area contributed by atoms with Crippen molar-refractivity contribution in [2.24, 2.45) is 0 Å². The summed E-state index contributed by atoms with van der Waals surface area (Å²) in [6, 6.07) is 1.82. The van der Waals surface area contributed by atoms with Gasteiger partial charge in [-0.3, -0.25) is 4.98 Å². The Balaban J connectivity index is 2.79. The van der Waals surface area contributed by atoms with Crippen LogP contribution in [0.15, 0.2) is 18.5 Å². The van der Waals surface area contributed by atoms with E-state index in [1.807, 2.05) is 18.0 Å². The number of hydrogen-bond donors (Lipinski definition) is 1. The van der Waals surface area contributed by atoms with Crippen molar-refractivity contribution in [1.82, 2.24) is 4.98 Å². The predicted octanol–water partition coefficient (Wildman–Crippen LogP) is 1.16. The predicted molar refractivity (Wildman–Crippen MR) is 49.6 cm³/mol. The van der Waals surface area contributed by atoms with Gasteiger partial charge in [-0.2, -0.15) is 0 Å². The van der Waals surface area contributed by atoms with Gasteiger partial charge in [-0.05, 0) is 6.07 Å². The largest absolute Gasteiger partial charge is 0.395 e. The highest BCUT2D eigenvalue weighted by molar-refractivity contribution is 6.33. The number of aliphatic hydroxyl groups excluding tert-OH is 1. The first kappa shape index (κ1) is 9.29. The molecule has 0 atom stereocenters. The van der Waals surface area contributed by atoms with E-state index in [-0.39, 0.29) is 6.61 Å². The van der Waals surface area contributed by atoms with Gasteiger partial charge in [0.1, 0.15) is 0 Å². The van der Waals surface area contributed by atoms with E-state index in [1.165, 1.54) is 0 Å². The molecule has 0 saturated heterocycles. The summed E-state index contributed by atoms with van der Waals surface area (Å²) in [4.78, 5) is 5.75. The summed E-state index contributed by atoms with van der Waals surface area (Å²) >= 11 is 5.87. The van der Waals surface area contributed by atoms with Crippen molar-refractivity contribution in [2.75, 3.05) is 25.1 Å². The maximum atomic E-state index is 8.69. The van der Waals surface area contributed by atoms with E-state index < -0.39 is 0 Å². The van der Waals surface area contributed by atoms with Gasteiger partial charge in [0, 0.05) is 26.0 Å². The standard InChI is InChI=1S/C8H11ClN2O/c1-11(4-5-12)8-2-3-10-6-7(8)9/h2-3,6,12H,4-5H2,1H3. The van der Waals surface area contributed by atoms with E-state index in [0.29, 0.717) is 11.6 Å². The Morgan fingerprint density at radius 3 is 3.00 bits per heavy atom. The van der Waals surface area contributed by atoms with Crippen LogP contribution in [-0.4, -0.2) is 30.3 Å². The highest BCUT2D eigenvalue weighted by Gasteiger charge is 2.03. The Labute approximate surface area is 76.6 Å². The zero-order valence-electron chi connectivity index (χ0n) is 6.87. The van der Waals surface area contributed by atoms with Gasteiger partial charge in [-0.1, -0.05) is 11.6 Å². The lowest BCUT2D eigenvalue weighted by Crippen LogP contribution is -2.21. The van der Waals surface area contributed by atoms with Crippen LogP contribution in [0.4, 0.5) is 5.69 Å². The number of halogens is 1. The van der Waals surface area contributed by atoms with Gasteiger partial charge >= 0.3 is 0 Å². The lowest BCUT2D eigenvalue weighted by atomic mass is 10.3. The van der Waals surface area contributed by atoms with Crippen molar-refractivity contribution in [3.8, 4) is 0 Å². The van der Waals surface area contributed by atoms with Gasteiger partial charge in [0.25, 0.3) is 0 Å². The Bertz CT molecular complexity index is 255. The van der Waals surface area contributed by atoms with E-state index in [0.717, 1.165) is 5.69 Å². The number of aliphatic hydroxyl groups is 1. The maximum absolute atomic E-state index is 8.69. The Morgan fingerprint density at radius 2 is 2.42 bits per heavy atom. The van der Waals surface area contributed by atoms with E-state index in [2.05, 4.69) is 4.98 Å². The van der Waals surface area contributed by atoms with Gasteiger partial charge in [0.15, 0.2) is 0 Å². The van der Waals surface area contributed by atoms with Crippen molar-refractivity contribution in [1.29, 1.82) is 0 Å². The molecule has 0 unspecified atom stereocenters. The first-order valence-electron chi connectivity index (χ1n) is 3.67. The molecule has 0 aromatic carbocycles. The minimum atomic E-state index is 0.120. The molecular formula is C8H11ClN2O. The van der Waals surface area contributed by atoms with Crippen molar-refractivity contribution in [3.63, 3.8) is 0 Å². The summed E-state index contributed by atoms with van der Waals surface area (Å²) < 4.78 is 0. The molecule has 12 heavy (non-hydrogen) atoms. The second-order valence-corrected chi connectivity index (χ2v) is 2.88. The minimum Gasteiger partial charge on any atom is -0.395 e. The van der Waals surface area contributed by atoms with Crippen LogP contribution in [0.1, 0.15) is 0 Å². The number of pyridine rings is 1. The molecule has 0 spiro atoms. The van der Waals surface area contributed by atoms with Crippen LogP contribution in [0, 0.1) is 0 Å². The van der Waals surface area contributed by atoms with Gasteiger partial charge in [-0.25, -0.2) is 0 Å². The molecule has 0 saturated carbocycles. The number of anilines is 1. The third-order valence-electron chi connectivity index (χ3n) is 1.60. The number of rotatable bonds is 3. The molecule has 0 aliphatic rings. The number of aromatic nitrogens is 1. The normalized spacial score (nSPS) is 9.92. The first-order valence-corrected chi connectivity index (χ1v) is 4.05. The smallest absolute Gasteiger partial charge is 0.0822 e. The van der Waals surface area contributed by atoms with Gasteiger partial charge in [0.05, 0.1) is 17.3 Å². The Kier molecular flexibility index (Phi) is 3.31. The second-order valence-electron chi connectivity index (χ2n) is 2.47. The van der Waals surface area contributed by atoms with E-state index in [4.69, 9.17) is 16.7 Å². The van der Waals surface area contributed by atoms with Gasteiger partial charge in [0.2, 0.25) is 0 Å². The average Bonchev–Trinajstić information content (AvgIpc) is 2.05. The van der Waals surface area contributed by atoms with Gasteiger partial charge < -0.3 is 10.0 Å². The van der Waals surface area contributed by atoms with Crippen LogP contribution < -0.4 is 4.90 Å². The lowest BCUT2D eigenvalue weighted by molar-refractivity contribution is 0.304. The Morgan fingerprint density at radius 1 is 1.67 bits per heavy atom. The molecule has 1 aromatic rings. The summed E-state index contributed by atoms with van der Waals surface area (Å²) in [5.41, 5.74) is 0.890. The van der Waals surface area contributed by atoms with E-state index >= 15 is 0 Å². The molecule has 0 bridgehead atoms. The first-order chi connectivity index (χ1) is 5.75. The summed E-state index contributed by atoms with van der Waals surface area (Å²) in [5, 5.41) is 9.29. The zero-order chi connectivity index (χ0) is 8.97. The van der Waals surface area contributed by atoms with Crippen molar-refractivity contribution in [3.05, 3.63) is 23.5 Å². The monoisotopic (exact) mass is 186 g/mol. The molecule has 66 valence electrons. The molecule has 1 rings (SSSR count). The second kappa shape index (κ2) is 4.28. The number of likely N-dealkylation sites (N-methyl/N-ethyl adjacent to an activating group) is 1. The van der Waals surface area contributed by atoms with Crippen molar-refractivity contribution < 1.29 is 5.11 Å². The van der Waals surface area contributed by atoms with E-state index in [9.17, 15) is 0 Å². The molecule has 1 N–H and O–H groups in total. The zero-order valence-corrected chi connectivity index (χ0v) is 7.62. The molecule has 4 heteroatoms. The lowest BCUT2D eigenvalue weighted by Gasteiger charge is -2.18. The summed E-state index contributed by atoms with van der Waals surface area (Å²) in [6.07, 6.45) is 3.26. The summed E-state index contributed by atoms with van der Waals surface area (Å²) in [5.74, 6) is 0. The van der Waals surface area contributed by atoms with Crippen LogP contribution >= 0.6 is 11.6 Å². The highest BCUT2D eigenvalue weighted by Crippen LogP contribution is 2.22. The Hall–Kier alpha value is -0.800. The molecule has 3 nitrogen and oxygen atoms in total. The fraction of sp³-hybridized carbons (Fsp3) is 0.375. The maximum Gasteiger partial charge on any atom is 0.0822 e. The van der Waals surface area contributed by atoms with Crippen LogP contribution in [-0.2, 0) is 0 Å². The summed E-state index contributed by atoms with van der Waals surface area (Å²) in [7, 11) is 1.87.